The third kappa shape index (κ3) is 5.74. The SMILES string of the molecule is COc1cc(OC)c(OC)cc1C[NH+]1CC[NH+](CCOCCO)CC1. The predicted octanol–water partition coefficient (Wildman–Crippen LogP) is -2.00. The second-order valence-corrected chi connectivity index (χ2v) is 6.28. The number of ether oxygens (including phenoxy) is 4. The van der Waals surface area contributed by atoms with Gasteiger partial charge in [-0.3, -0.25) is 0 Å². The largest absolute Gasteiger partial charge is 0.496 e. The number of hydrogen-bond donors (Lipinski definition) is 3. The molecular weight excluding hydrogens is 324 g/mol. The average molecular weight is 356 g/mol. The zero-order chi connectivity index (χ0) is 18.1. The summed E-state index contributed by atoms with van der Waals surface area (Å²) in [6, 6.07) is 3.92. The molecule has 0 aliphatic carbocycles. The molecule has 1 saturated heterocycles. The monoisotopic (exact) mass is 356 g/mol. The molecule has 0 amide bonds. The molecule has 1 aliphatic rings. The minimum absolute atomic E-state index is 0.0976. The van der Waals surface area contributed by atoms with E-state index >= 15 is 0 Å². The Balaban J connectivity index is 1.88. The van der Waals surface area contributed by atoms with Crippen LogP contribution >= 0.6 is 0 Å². The lowest BCUT2D eigenvalue weighted by molar-refractivity contribution is -1.02. The second kappa shape index (κ2) is 10.5. The van der Waals surface area contributed by atoms with Gasteiger partial charge in [0.2, 0.25) is 0 Å². The number of aliphatic hydroxyl groups excluding tert-OH is 1. The Morgan fingerprint density at radius 3 is 2.04 bits per heavy atom. The third-order valence-corrected chi connectivity index (χ3v) is 4.73. The van der Waals surface area contributed by atoms with Crippen LogP contribution in [-0.4, -0.2) is 79.0 Å². The molecule has 142 valence electrons. The van der Waals surface area contributed by atoms with Crippen molar-refractivity contribution in [1.82, 2.24) is 0 Å². The van der Waals surface area contributed by atoms with Crippen LogP contribution in [0.15, 0.2) is 12.1 Å². The van der Waals surface area contributed by atoms with Gasteiger partial charge in [0, 0.05) is 6.07 Å². The molecule has 0 bridgehead atoms. The number of piperazine rings is 1. The molecule has 0 radical (unpaired) electrons. The summed E-state index contributed by atoms with van der Waals surface area (Å²) in [6.07, 6.45) is 0. The number of hydrogen-bond acceptors (Lipinski definition) is 5. The van der Waals surface area contributed by atoms with Crippen LogP contribution in [0.5, 0.6) is 17.2 Å². The molecule has 0 spiro atoms. The smallest absolute Gasteiger partial charge is 0.164 e. The molecule has 3 N–H and O–H groups in total. The summed E-state index contributed by atoms with van der Waals surface area (Å²) in [5, 5.41) is 8.73. The molecule has 1 aromatic carbocycles. The van der Waals surface area contributed by atoms with E-state index in [-0.39, 0.29) is 6.61 Å². The molecule has 0 aromatic heterocycles. The zero-order valence-electron chi connectivity index (χ0n) is 15.6. The molecule has 1 heterocycles. The molecule has 7 nitrogen and oxygen atoms in total. The van der Waals surface area contributed by atoms with E-state index in [1.54, 1.807) is 31.1 Å². The summed E-state index contributed by atoms with van der Waals surface area (Å²) in [4.78, 5) is 3.12. The van der Waals surface area contributed by atoms with Gasteiger partial charge < -0.3 is 33.9 Å². The number of rotatable bonds is 10. The van der Waals surface area contributed by atoms with Crippen molar-refractivity contribution in [2.75, 3.05) is 73.9 Å². The Morgan fingerprint density at radius 2 is 1.44 bits per heavy atom. The normalized spacial score (nSPS) is 20.3. The first kappa shape index (κ1) is 19.8. The Hall–Kier alpha value is -1.54. The van der Waals surface area contributed by atoms with E-state index in [1.807, 2.05) is 12.1 Å². The minimum Gasteiger partial charge on any atom is -0.496 e. The first-order chi connectivity index (χ1) is 12.2. The Morgan fingerprint density at radius 1 is 0.840 bits per heavy atom. The van der Waals surface area contributed by atoms with Crippen molar-refractivity contribution < 1.29 is 33.9 Å². The van der Waals surface area contributed by atoms with Gasteiger partial charge in [0.15, 0.2) is 11.5 Å². The van der Waals surface area contributed by atoms with Crippen molar-refractivity contribution in [2.24, 2.45) is 0 Å². The maximum atomic E-state index is 8.73. The summed E-state index contributed by atoms with van der Waals surface area (Å²) < 4.78 is 21.7. The fourth-order valence-electron chi connectivity index (χ4n) is 3.27. The van der Waals surface area contributed by atoms with E-state index in [4.69, 9.17) is 24.1 Å². The predicted molar refractivity (Wildman–Crippen MR) is 94.0 cm³/mol. The van der Waals surface area contributed by atoms with Gasteiger partial charge in [0.05, 0.1) is 46.7 Å². The van der Waals surface area contributed by atoms with Crippen LogP contribution in [0.2, 0.25) is 0 Å². The topological polar surface area (TPSA) is 66.0 Å². The maximum Gasteiger partial charge on any atom is 0.164 e. The number of quaternary nitrogens is 2. The lowest BCUT2D eigenvalue weighted by Crippen LogP contribution is -3.27. The van der Waals surface area contributed by atoms with Crippen molar-refractivity contribution in [2.45, 2.75) is 6.54 Å². The number of aliphatic hydroxyl groups is 1. The second-order valence-electron chi connectivity index (χ2n) is 6.28. The highest BCUT2D eigenvalue weighted by Gasteiger charge is 2.24. The summed E-state index contributed by atoms with van der Waals surface area (Å²) in [6.45, 7) is 7.67. The van der Waals surface area contributed by atoms with E-state index in [0.29, 0.717) is 19.0 Å². The van der Waals surface area contributed by atoms with Gasteiger partial charge in [-0.25, -0.2) is 0 Å². The van der Waals surface area contributed by atoms with Gasteiger partial charge in [-0.1, -0.05) is 0 Å². The highest BCUT2D eigenvalue weighted by Crippen LogP contribution is 2.34. The van der Waals surface area contributed by atoms with Crippen molar-refractivity contribution in [3.63, 3.8) is 0 Å². The number of nitrogens with one attached hydrogen (secondary N) is 2. The fourth-order valence-corrected chi connectivity index (χ4v) is 3.27. The minimum atomic E-state index is 0.0976. The van der Waals surface area contributed by atoms with E-state index in [1.165, 1.54) is 0 Å². The maximum absolute atomic E-state index is 8.73. The van der Waals surface area contributed by atoms with Crippen molar-refractivity contribution in [3.05, 3.63) is 17.7 Å². The summed E-state index contributed by atoms with van der Waals surface area (Å²) >= 11 is 0. The highest BCUT2D eigenvalue weighted by atomic mass is 16.5. The van der Waals surface area contributed by atoms with Crippen LogP contribution in [0.25, 0.3) is 0 Å². The van der Waals surface area contributed by atoms with E-state index < -0.39 is 0 Å². The highest BCUT2D eigenvalue weighted by molar-refractivity contribution is 5.50. The van der Waals surface area contributed by atoms with E-state index in [2.05, 4.69) is 0 Å². The Kier molecular flexibility index (Phi) is 8.27. The molecule has 2 rings (SSSR count). The molecular formula is C18H32N2O5+2. The molecule has 0 atom stereocenters. The van der Waals surface area contributed by atoms with Gasteiger partial charge >= 0.3 is 0 Å². The molecule has 1 aliphatic heterocycles. The standard InChI is InChI=1S/C18H30N2O5/c1-22-16-13-18(24-3)17(23-2)12-15(16)14-20-6-4-19(5-7-20)8-10-25-11-9-21/h12-13,21H,4-11,14H2,1-3H3/p+2. The van der Waals surface area contributed by atoms with Gasteiger partial charge in [0.25, 0.3) is 0 Å². The summed E-state index contributed by atoms with van der Waals surface area (Å²) in [7, 11) is 4.98. The van der Waals surface area contributed by atoms with Crippen molar-refractivity contribution >= 4 is 0 Å². The molecule has 1 fully saturated rings. The molecule has 7 heteroatoms. The van der Waals surface area contributed by atoms with Gasteiger partial charge in [-0.05, 0) is 6.07 Å². The summed E-state index contributed by atoms with van der Waals surface area (Å²) in [5.74, 6) is 2.27. The van der Waals surface area contributed by atoms with E-state index in [0.717, 1.165) is 56.3 Å². The number of benzene rings is 1. The summed E-state index contributed by atoms with van der Waals surface area (Å²) in [5.41, 5.74) is 1.14. The van der Waals surface area contributed by atoms with Gasteiger partial charge in [0.1, 0.15) is 45.0 Å². The van der Waals surface area contributed by atoms with Crippen LogP contribution in [0, 0.1) is 0 Å². The zero-order valence-corrected chi connectivity index (χ0v) is 15.6. The van der Waals surface area contributed by atoms with Crippen LogP contribution in [0.4, 0.5) is 0 Å². The average Bonchev–Trinajstić information content (AvgIpc) is 2.66. The van der Waals surface area contributed by atoms with E-state index in [9.17, 15) is 0 Å². The first-order valence-corrected chi connectivity index (χ1v) is 8.86. The number of methoxy groups -OCH3 is 3. The lowest BCUT2D eigenvalue weighted by atomic mass is 10.1. The quantitative estimate of drug-likeness (QED) is 0.424. The van der Waals surface area contributed by atoms with Gasteiger partial charge in [-0.2, -0.15) is 0 Å². The van der Waals surface area contributed by atoms with Crippen LogP contribution in [0.3, 0.4) is 0 Å². The first-order valence-electron chi connectivity index (χ1n) is 8.86. The van der Waals surface area contributed by atoms with Gasteiger partial charge in [-0.15, -0.1) is 0 Å². The molecule has 0 saturated carbocycles. The Labute approximate surface area is 150 Å². The third-order valence-electron chi connectivity index (χ3n) is 4.73. The lowest BCUT2D eigenvalue weighted by Gasteiger charge is -2.30. The van der Waals surface area contributed by atoms with Crippen LogP contribution in [0.1, 0.15) is 5.56 Å². The van der Waals surface area contributed by atoms with Crippen molar-refractivity contribution in [1.29, 1.82) is 0 Å². The fraction of sp³-hybridized carbons (Fsp3) is 0.667. The Bertz CT molecular complexity index is 518. The van der Waals surface area contributed by atoms with Crippen LogP contribution < -0.4 is 24.0 Å². The van der Waals surface area contributed by atoms with Crippen molar-refractivity contribution in [3.8, 4) is 17.2 Å². The molecule has 25 heavy (non-hydrogen) atoms. The molecule has 1 aromatic rings. The molecule has 0 unspecified atom stereocenters. The van der Waals surface area contributed by atoms with Crippen LogP contribution in [-0.2, 0) is 11.3 Å².